The van der Waals surface area contributed by atoms with Crippen molar-refractivity contribution in [2.45, 2.75) is 9.79 Å². The number of carbonyl (C=O) groups is 2. The van der Waals surface area contributed by atoms with Gasteiger partial charge >= 0.3 is 0 Å². The lowest BCUT2D eigenvalue weighted by Crippen LogP contribution is -2.25. The van der Waals surface area contributed by atoms with Gasteiger partial charge in [0.2, 0.25) is 10.0 Å². The minimum Gasteiger partial charge on any atom is -0.397 e. The zero-order valence-electron chi connectivity index (χ0n) is 16.4. The molecular weight excluding hydrogens is 454 g/mol. The third kappa shape index (κ3) is 3.56. The predicted octanol–water partition coefficient (Wildman–Crippen LogP) is 1.98. The van der Waals surface area contributed by atoms with Gasteiger partial charge in [-0.05, 0) is 30.1 Å². The van der Waals surface area contributed by atoms with Gasteiger partial charge in [0.25, 0.3) is 0 Å². The summed E-state index contributed by atoms with van der Waals surface area (Å²) >= 11 is 0. The lowest BCUT2D eigenvalue weighted by Gasteiger charge is -2.24. The van der Waals surface area contributed by atoms with Crippen LogP contribution in [0.1, 0.15) is 31.8 Å². The van der Waals surface area contributed by atoms with Crippen LogP contribution in [0.2, 0.25) is 0 Å². The predicted molar refractivity (Wildman–Crippen MR) is 121 cm³/mol. The number of hydrogen-bond donors (Lipinski definition) is 4. The molecule has 0 fully saturated rings. The molecule has 1 aliphatic rings. The number of hydrogen-bond acceptors (Lipinski definition) is 7. The van der Waals surface area contributed by atoms with Gasteiger partial charge in [-0.15, -0.1) is 0 Å². The van der Waals surface area contributed by atoms with E-state index in [0.29, 0.717) is 0 Å². The summed E-state index contributed by atoms with van der Waals surface area (Å²) in [4.78, 5) is 26.0. The molecule has 0 amide bonds. The van der Waals surface area contributed by atoms with Crippen molar-refractivity contribution in [3.8, 4) is 0 Å². The Hall–Kier alpha value is -3.51. The Kier molecular flexibility index (Phi) is 4.94. The highest BCUT2D eigenvalue weighted by Crippen LogP contribution is 2.40. The molecule has 1 unspecified atom stereocenters. The second kappa shape index (κ2) is 7.28. The van der Waals surface area contributed by atoms with E-state index in [-0.39, 0.29) is 49.1 Å². The lowest BCUT2D eigenvalue weighted by atomic mass is 9.82. The third-order valence-corrected chi connectivity index (χ3v) is 6.92. The summed E-state index contributed by atoms with van der Waals surface area (Å²) in [7, 11) is -7.89. The van der Waals surface area contributed by atoms with Gasteiger partial charge in [-0.2, -0.15) is 0 Å². The molecule has 1 aliphatic carbocycles. The van der Waals surface area contributed by atoms with Crippen molar-refractivity contribution in [2.75, 3.05) is 11.1 Å². The van der Waals surface area contributed by atoms with Gasteiger partial charge in [-0.3, -0.25) is 9.59 Å². The van der Waals surface area contributed by atoms with Crippen LogP contribution in [0.15, 0.2) is 64.4 Å². The van der Waals surface area contributed by atoms with E-state index in [1.54, 1.807) is 12.1 Å². The first-order valence-electron chi connectivity index (χ1n) is 9.04. The first-order chi connectivity index (χ1) is 14.9. The van der Waals surface area contributed by atoms with Crippen LogP contribution in [0, 0.1) is 0 Å². The molecule has 1 atom stereocenters. The second-order valence-corrected chi connectivity index (χ2v) is 10.4. The first-order valence-corrected chi connectivity index (χ1v) is 12.3. The minimum atomic E-state index is -4.01. The summed E-state index contributed by atoms with van der Waals surface area (Å²) in [6, 6.07) is 12.7. The fraction of sp³-hybridized carbons (Fsp3) is 0. The SMILES string of the molecule is C=S(=O)(O)c1cc(Nc2cccc(S(N)(=O)=O)c2)c2c(c1N)C(=O)c1ccccc1C2=O. The van der Waals surface area contributed by atoms with Crippen LogP contribution in [0.5, 0.6) is 0 Å². The maximum absolute atomic E-state index is 13.3. The molecule has 0 heterocycles. The summed E-state index contributed by atoms with van der Waals surface area (Å²) in [6.45, 7) is 0. The molecule has 0 radical (unpaired) electrons. The van der Waals surface area contributed by atoms with Gasteiger partial charge in [0, 0.05) is 16.8 Å². The van der Waals surface area contributed by atoms with Crippen molar-refractivity contribution in [1.82, 2.24) is 0 Å². The Morgan fingerprint density at radius 1 is 0.875 bits per heavy atom. The molecule has 3 aromatic rings. The van der Waals surface area contributed by atoms with E-state index in [1.807, 2.05) is 0 Å². The summed E-state index contributed by atoms with van der Waals surface area (Å²) in [5.74, 6) is 2.11. The van der Waals surface area contributed by atoms with Crippen LogP contribution >= 0.6 is 0 Å². The van der Waals surface area contributed by atoms with E-state index in [0.717, 1.165) is 6.07 Å². The van der Waals surface area contributed by atoms with Crippen molar-refractivity contribution in [2.24, 2.45) is 5.14 Å². The molecule has 0 saturated carbocycles. The number of nitrogens with two attached hydrogens (primary N) is 2. The molecule has 32 heavy (non-hydrogen) atoms. The molecular formula is C21H17N3O6S2. The molecule has 3 aromatic carbocycles. The number of fused-ring (bicyclic) bond motifs is 2. The lowest BCUT2D eigenvalue weighted by molar-refractivity contribution is 0.0980. The molecule has 164 valence electrons. The Morgan fingerprint density at radius 2 is 1.47 bits per heavy atom. The normalized spacial score (nSPS) is 14.9. The van der Waals surface area contributed by atoms with Gasteiger partial charge in [0.1, 0.15) is 9.80 Å². The van der Waals surface area contributed by atoms with E-state index in [9.17, 15) is 26.8 Å². The summed E-state index contributed by atoms with van der Waals surface area (Å²) < 4.78 is 45.8. The van der Waals surface area contributed by atoms with Crippen LogP contribution in [0.3, 0.4) is 0 Å². The van der Waals surface area contributed by atoms with Crippen LogP contribution < -0.4 is 16.2 Å². The number of nitrogens with one attached hydrogen (secondary N) is 1. The van der Waals surface area contributed by atoms with Crippen LogP contribution in [-0.2, 0) is 19.8 Å². The average Bonchev–Trinajstić information content (AvgIpc) is 2.71. The minimum absolute atomic E-state index is 0.00551. The number of ketones is 2. The Morgan fingerprint density at radius 3 is 2.03 bits per heavy atom. The molecule has 0 aliphatic heterocycles. The first kappa shape index (κ1) is 21.7. The molecule has 0 aromatic heterocycles. The van der Waals surface area contributed by atoms with Crippen molar-refractivity contribution in [1.29, 1.82) is 0 Å². The molecule has 11 heteroatoms. The van der Waals surface area contributed by atoms with Gasteiger partial charge in [-0.1, -0.05) is 30.3 Å². The average molecular weight is 472 g/mol. The van der Waals surface area contributed by atoms with Crippen molar-refractivity contribution in [3.05, 3.63) is 76.9 Å². The number of primary sulfonamides is 1. The number of benzene rings is 3. The Labute approximate surface area is 183 Å². The fourth-order valence-corrected chi connectivity index (χ4v) is 4.87. The number of carbonyl (C=O) groups excluding carboxylic acids is 2. The fourth-order valence-electron chi connectivity index (χ4n) is 3.56. The molecule has 4 rings (SSSR count). The highest BCUT2D eigenvalue weighted by Gasteiger charge is 2.35. The maximum atomic E-state index is 13.3. The number of sulfonamides is 1. The molecule has 0 saturated heterocycles. The van der Waals surface area contributed by atoms with Crippen LogP contribution in [-0.4, -0.2) is 34.6 Å². The molecule has 6 N–H and O–H groups in total. The number of anilines is 3. The van der Waals surface area contributed by atoms with Crippen molar-refractivity contribution in [3.63, 3.8) is 0 Å². The Balaban J connectivity index is 2.00. The summed E-state index contributed by atoms with van der Waals surface area (Å²) in [5.41, 5.74) is 5.90. The third-order valence-electron chi connectivity index (χ3n) is 4.99. The summed E-state index contributed by atoms with van der Waals surface area (Å²) in [5, 5.41) is 8.03. The van der Waals surface area contributed by atoms with Gasteiger partial charge in [0.05, 0.1) is 32.3 Å². The molecule has 0 bridgehead atoms. The standard InChI is InChI=1S/C21H17N3O6S2/c1-31(27,28)16-10-15(24-11-5-4-6-12(9-11)32(23,29)30)17-18(19(16)22)21(26)14-8-3-2-7-13(14)20(17)25/h2-10,24H,1,22H2,(H,27,28)(H2,23,29,30). The van der Waals surface area contributed by atoms with E-state index >= 15 is 0 Å². The van der Waals surface area contributed by atoms with Crippen LogP contribution in [0.25, 0.3) is 0 Å². The van der Waals surface area contributed by atoms with E-state index < -0.39 is 31.4 Å². The Bertz CT molecular complexity index is 1540. The van der Waals surface area contributed by atoms with Gasteiger partial charge in [0.15, 0.2) is 11.6 Å². The topological polar surface area (TPSA) is 170 Å². The zero-order chi connectivity index (χ0) is 23.4. The molecule has 9 nitrogen and oxygen atoms in total. The van der Waals surface area contributed by atoms with E-state index in [2.05, 4.69) is 11.2 Å². The highest BCUT2D eigenvalue weighted by molar-refractivity contribution is 7.95. The maximum Gasteiger partial charge on any atom is 0.238 e. The highest BCUT2D eigenvalue weighted by atomic mass is 32.2. The number of nitrogen functional groups attached to an aromatic ring is 1. The monoisotopic (exact) mass is 471 g/mol. The van der Waals surface area contributed by atoms with Crippen molar-refractivity contribution >= 4 is 54.3 Å². The smallest absolute Gasteiger partial charge is 0.238 e. The quantitative estimate of drug-likeness (QED) is 0.259. The second-order valence-electron chi connectivity index (χ2n) is 7.13. The van der Waals surface area contributed by atoms with E-state index in [4.69, 9.17) is 10.9 Å². The van der Waals surface area contributed by atoms with Crippen molar-refractivity contribution < 1.29 is 26.8 Å². The molecule has 0 spiro atoms. The van der Waals surface area contributed by atoms with Gasteiger partial charge < -0.3 is 15.6 Å². The van der Waals surface area contributed by atoms with E-state index in [1.165, 1.54) is 36.4 Å². The zero-order valence-corrected chi connectivity index (χ0v) is 18.0. The van der Waals surface area contributed by atoms with Gasteiger partial charge in [-0.25, -0.2) is 17.8 Å². The largest absolute Gasteiger partial charge is 0.397 e. The van der Waals surface area contributed by atoms with Crippen LogP contribution in [0.4, 0.5) is 17.1 Å². The summed E-state index contributed by atoms with van der Waals surface area (Å²) in [6.07, 6.45) is 0. The number of rotatable bonds is 4.